The van der Waals surface area contributed by atoms with Gasteiger partial charge in [0.05, 0.1) is 23.2 Å². The van der Waals surface area contributed by atoms with E-state index >= 15 is 0 Å². The van der Waals surface area contributed by atoms with Crippen LogP contribution in [0.3, 0.4) is 0 Å². The zero-order valence-corrected chi connectivity index (χ0v) is 29.6. The van der Waals surface area contributed by atoms with E-state index in [1.807, 2.05) is 0 Å². The number of hydrogen-bond acceptors (Lipinski definition) is 10. The van der Waals surface area contributed by atoms with E-state index in [1.54, 1.807) is 59.0 Å². The summed E-state index contributed by atoms with van der Waals surface area (Å²) in [5.41, 5.74) is 2.19. The second-order valence-corrected chi connectivity index (χ2v) is 14.3. The molecule has 16 nitrogen and oxygen atoms in total. The molecular weight excluding hydrogens is 672 g/mol. The van der Waals surface area contributed by atoms with Gasteiger partial charge in [-0.2, -0.15) is 5.01 Å². The number of aldehydes is 1. The molecule has 2 aromatic rings. The van der Waals surface area contributed by atoms with Crippen LogP contribution in [-0.2, 0) is 19.2 Å². The second-order valence-electron chi connectivity index (χ2n) is 14.3. The summed E-state index contributed by atoms with van der Waals surface area (Å²) in [5, 5.41) is 14.9. The van der Waals surface area contributed by atoms with Crippen LogP contribution in [0.2, 0.25) is 0 Å². The number of carbonyl (C=O) groups excluding carboxylic acids is 8. The lowest BCUT2D eigenvalue weighted by Gasteiger charge is -2.36. The van der Waals surface area contributed by atoms with Gasteiger partial charge in [0, 0.05) is 36.3 Å². The summed E-state index contributed by atoms with van der Waals surface area (Å²) in [4.78, 5) is 106. The first kappa shape index (κ1) is 37.8. The lowest BCUT2D eigenvalue weighted by Crippen LogP contribution is -2.60. The Bertz CT molecular complexity index is 1760. The molecule has 0 spiro atoms. The van der Waals surface area contributed by atoms with Crippen LogP contribution < -0.4 is 32.0 Å². The minimum atomic E-state index is -1.25. The van der Waals surface area contributed by atoms with Crippen molar-refractivity contribution in [1.29, 1.82) is 0 Å². The number of likely N-dealkylation sites (N-methyl/N-ethyl adjacent to an activating group) is 1. The van der Waals surface area contributed by atoms with Crippen molar-refractivity contribution in [2.24, 2.45) is 5.41 Å². The first-order valence-corrected chi connectivity index (χ1v) is 17.1. The Balaban J connectivity index is 1.35. The fourth-order valence-electron chi connectivity index (χ4n) is 6.44. The van der Waals surface area contributed by atoms with E-state index in [0.29, 0.717) is 18.0 Å². The van der Waals surface area contributed by atoms with E-state index < -0.39 is 70.9 Å². The summed E-state index contributed by atoms with van der Waals surface area (Å²) in [7, 11) is 1.60. The van der Waals surface area contributed by atoms with Gasteiger partial charge in [0.1, 0.15) is 18.4 Å². The van der Waals surface area contributed by atoms with Gasteiger partial charge < -0.3 is 36.3 Å². The number of fused-ring (bicyclic) bond motifs is 1. The van der Waals surface area contributed by atoms with Crippen molar-refractivity contribution in [3.05, 3.63) is 70.8 Å². The molecule has 0 saturated carbocycles. The average Bonchev–Trinajstić information content (AvgIpc) is 3.83. The molecule has 3 unspecified atom stereocenters. The molecule has 52 heavy (non-hydrogen) atoms. The fourth-order valence-corrected chi connectivity index (χ4v) is 6.44. The zero-order chi connectivity index (χ0) is 37.9. The highest BCUT2D eigenvalue weighted by molar-refractivity contribution is 6.21. The largest absolute Gasteiger partial charge is 0.348 e. The maximum Gasteiger partial charge on any atom is 0.280 e. The summed E-state index contributed by atoms with van der Waals surface area (Å²) < 4.78 is 0. The number of hydrogen-bond donors (Lipinski definition) is 6. The molecule has 0 aromatic heterocycles. The van der Waals surface area contributed by atoms with Crippen molar-refractivity contribution >= 4 is 47.6 Å². The Labute approximate surface area is 300 Å². The van der Waals surface area contributed by atoms with Crippen LogP contribution >= 0.6 is 0 Å². The van der Waals surface area contributed by atoms with Crippen molar-refractivity contribution in [2.45, 2.75) is 76.8 Å². The number of amides is 7. The Kier molecular flexibility index (Phi) is 11.2. The number of nitrogens with zero attached hydrogens (tertiary/aromatic N) is 2. The molecule has 3 aliphatic heterocycles. The van der Waals surface area contributed by atoms with E-state index in [9.17, 15) is 38.4 Å². The Morgan fingerprint density at radius 1 is 0.885 bits per heavy atom. The zero-order valence-electron chi connectivity index (χ0n) is 29.6. The molecule has 0 radical (unpaired) electrons. The third-order valence-electron chi connectivity index (χ3n) is 9.52. The minimum absolute atomic E-state index is 0.0863. The van der Waals surface area contributed by atoms with Gasteiger partial charge in [-0.3, -0.25) is 39.0 Å². The van der Waals surface area contributed by atoms with Crippen LogP contribution in [0.15, 0.2) is 48.5 Å². The summed E-state index contributed by atoms with van der Waals surface area (Å²) in [6.07, 6.45) is 1.15. The molecule has 16 heteroatoms. The number of rotatable bonds is 11. The van der Waals surface area contributed by atoms with Crippen molar-refractivity contribution in [2.75, 3.05) is 20.1 Å². The topological polar surface area (TPSA) is 215 Å². The number of hydrazine groups is 1. The lowest BCUT2D eigenvalue weighted by atomic mass is 9.85. The molecular formula is C36H44N8O8. The van der Waals surface area contributed by atoms with Gasteiger partial charge in [0.15, 0.2) is 0 Å². The normalized spacial score (nSPS) is 22.3. The molecule has 2 saturated heterocycles. The molecule has 5 rings (SSSR count). The van der Waals surface area contributed by atoms with E-state index in [-0.39, 0.29) is 47.3 Å². The highest BCUT2D eigenvalue weighted by Crippen LogP contribution is 2.28. The van der Waals surface area contributed by atoms with E-state index in [4.69, 9.17) is 0 Å². The summed E-state index contributed by atoms with van der Waals surface area (Å²) in [5.74, 6) is -4.32. The first-order chi connectivity index (χ1) is 24.6. The maximum absolute atomic E-state index is 14.3. The van der Waals surface area contributed by atoms with E-state index in [0.717, 1.165) is 6.29 Å². The van der Waals surface area contributed by atoms with Crippen LogP contribution in [0.25, 0.3) is 0 Å². The van der Waals surface area contributed by atoms with Gasteiger partial charge in [0.25, 0.3) is 29.5 Å². The van der Waals surface area contributed by atoms with Crippen LogP contribution in [0.1, 0.15) is 82.0 Å². The van der Waals surface area contributed by atoms with Crippen molar-refractivity contribution < 1.29 is 38.4 Å². The molecule has 0 bridgehead atoms. The molecule has 3 heterocycles. The SMILES string of the molecule is CN[C@@H](C)C(=O)NC(C(=O)N1C[C@@H](NC(=O)c2cccc(C(=O)N[C@@H]3CNC(C=O)C3)c2)CC1C(=O)NN1C(=O)c2ccccc2C1=O)C(C)(C)C. The quantitative estimate of drug-likeness (QED) is 0.130. The standard InChI is InChI=1S/C36H44N8O8/c1-19(37-5)29(46)41-28(36(2,3)4)35(52)43-17-23(15-27(43)32(49)42-44-33(50)25-11-6-7-12-26(25)34(44)51)40-31(48)21-10-8-9-20(13-21)30(47)39-22-14-24(18-45)38-16-22/h6-13,18-19,22-24,27-28,37-38H,14-17H2,1-5H3,(H,39,47)(H,40,48)(H,41,46)(H,42,49)/t19-,22-,23-,24?,27?,28?/m0/s1. The number of imide groups is 1. The second kappa shape index (κ2) is 15.4. The molecule has 276 valence electrons. The third kappa shape index (κ3) is 8.02. The smallest absolute Gasteiger partial charge is 0.280 e. The van der Waals surface area contributed by atoms with Gasteiger partial charge >= 0.3 is 0 Å². The predicted molar refractivity (Wildman–Crippen MR) is 187 cm³/mol. The van der Waals surface area contributed by atoms with Gasteiger partial charge in [-0.1, -0.05) is 39.0 Å². The number of likely N-dealkylation sites (tertiary alicyclic amines) is 1. The maximum atomic E-state index is 14.3. The van der Waals surface area contributed by atoms with Crippen molar-refractivity contribution in [3.63, 3.8) is 0 Å². The van der Waals surface area contributed by atoms with Gasteiger partial charge in [-0.05, 0) is 62.6 Å². The molecule has 6 atom stereocenters. The van der Waals surface area contributed by atoms with Gasteiger partial charge in [-0.15, -0.1) is 0 Å². The van der Waals surface area contributed by atoms with Crippen molar-refractivity contribution in [1.82, 2.24) is 41.9 Å². The number of benzene rings is 2. The predicted octanol–water partition coefficient (Wildman–Crippen LogP) is -0.489. The highest BCUT2D eigenvalue weighted by Gasteiger charge is 2.47. The van der Waals surface area contributed by atoms with Gasteiger partial charge in [0.2, 0.25) is 11.8 Å². The average molecular weight is 717 g/mol. The van der Waals surface area contributed by atoms with Crippen molar-refractivity contribution in [3.8, 4) is 0 Å². The van der Waals surface area contributed by atoms with Gasteiger partial charge in [-0.25, -0.2) is 0 Å². The molecule has 6 N–H and O–H groups in total. The molecule has 3 aliphatic rings. The summed E-state index contributed by atoms with van der Waals surface area (Å²) >= 11 is 0. The lowest BCUT2D eigenvalue weighted by molar-refractivity contribution is -0.144. The molecule has 2 aromatic carbocycles. The molecule has 2 fully saturated rings. The van der Waals surface area contributed by atoms with Crippen LogP contribution in [0.5, 0.6) is 0 Å². The Morgan fingerprint density at radius 3 is 2.02 bits per heavy atom. The number of carbonyl (C=O) groups is 8. The van der Waals surface area contributed by atoms with Crippen LogP contribution in [0, 0.1) is 5.41 Å². The van der Waals surface area contributed by atoms with Crippen LogP contribution in [-0.4, -0.2) is 114 Å². The minimum Gasteiger partial charge on any atom is -0.348 e. The third-order valence-corrected chi connectivity index (χ3v) is 9.52. The first-order valence-electron chi connectivity index (χ1n) is 17.1. The van der Waals surface area contributed by atoms with E-state index in [1.165, 1.54) is 29.2 Å². The van der Waals surface area contributed by atoms with Crippen LogP contribution in [0.4, 0.5) is 0 Å². The monoisotopic (exact) mass is 716 g/mol. The molecule has 7 amide bonds. The highest BCUT2D eigenvalue weighted by atomic mass is 16.2. The summed E-state index contributed by atoms with van der Waals surface area (Å²) in [6.45, 7) is 7.21. The number of nitrogens with one attached hydrogen (secondary N) is 6. The Morgan fingerprint density at radius 2 is 1.48 bits per heavy atom. The fraction of sp³-hybridized carbons (Fsp3) is 0.444. The molecule has 0 aliphatic carbocycles. The van der Waals surface area contributed by atoms with E-state index in [2.05, 4.69) is 32.0 Å². The Hall–Kier alpha value is -5.48. The summed E-state index contributed by atoms with van der Waals surface area (Å²) in [6, 6.07) is 7.82.